The molecule has 0 radical (unpaired) electrons. The third-order valence-corrected chi connectivity index (χ3v) is 4.52. The van der Waals surface area contributed by atoms with Crippen molar-refractivity contribution >= 4 is 5.91 Å². The largest absolute Gasteiger partial charge is 0.365 e. The number of hydrogen-bond donors (Lipinski definition) is 1. The average Bonchev–Trinajstić information content (AvgIpc) is 2.58. The van der Waals surface area contributed by atoms with Crippen LogP contribution in [0.25, 0.3) is 11.3 Å². The fourth-order valence-corrected chi connectivity index (χ4v) is 3.18. The Hall–Kier alpha value is -3.14. The lowest BCUT2D eigenvalue weighted by Gasteiger charge is -2.20. The van der Waals surface area contributed by atoms with Crippen LogP contribution in [0.15, 0.2) is 59.4 Å². The van der Waals surface area contributed by atoms with E-state index in [1.165, 1.54) is 11.6 Å². The first-order valence-corrected chi connectivity index (χ1v) is 8.53. The van der Waals surface area contributed by atoms with Gasteiger partial charge in [-0.15, -0.1) is 0 Å². The van der Waals surface area contributed by atoms with Crippen molar-refractivity contribution in [2.75, 3.05) is 0 Å². The molecule has 2 N–H and O–H groups in total. The molecule has 132 valence electrons. The molecule has 1 heterocycles. The number of aryl methyl sites for hydroxylation is 3. The maximum Gasteiger partial charge on any atom is 0.254 e. The first-order valence-electron chi connectivity index (χ1n) is 8.53. The summed E-state index contributed by atoms with van der Waals surface area (Å²) in [5.74, 6) is -0.704. The zero-order valence-electron chi connectivity index (χ0n) is 15.2. The van der Waals surface area contributed by atoms with Crippen LogP contribution in [0.4, 0.5) is 0 Å². The van der Waals surface area contributed by atoms with Crippen LogP contribution in [0.3, 0.4) is 0 Å². The van der Waals surface area contributed by atoms with E-state index in [9.17, 15) is 9.59 Å². The van der Waals surface area contributed by atoms with Gasteiger partial charge in [-0.1, -0.05) is 53.6 Å². The third-order valence-electron chi connectivity index (χ3n) is 4.52. The van der Waals surface area contributed by atoms with Gasteiger partial charge in [-0.3, -0.25) is 9.59 Å². The Labute approximate surface area is 152 Å². The number of aromatic nitrogens is 1. The number of nitrogens with two attached hydrogens (primary N) is 1. The molecule has 0 saturated carbocycles. The van der Waals surface area contributed by atoms with Crippen LogP contribution in [0.5, 0.6) is 0 Å². The molecule has 0 unspecified atom stereocenters. The van der Waals surface area contributed by atoms with E-state index in [1.54, 1.807) is 0 Å². The van der Waals surface area contributed by atoms with Gasteiger partial charge in [0.1, 0.15) is 5.56 Å². The maximum absolute atomic E-state index is 12.5. The molecule has 3 rings (SSSR count). The first kappa shape index (κ1) is 17.7. The van der Waals surface area contributed by atoms with Crippen molar-refractivity contribution in [3.8, 4) is 11.3 Å². The minimum absolute atomic E-state index is 0.0355. The second-order valence-corrected chi connectivity index (χ2v) is 6.68. The Kier molecular flexibility index (Phi) is 4.76. The Morgan fingerprint density at radius 2 is 1.65 bits per heavy atom. The highest BCUT2D eigenvalue weighted by Gasteiger charge is 2.20. The number of pyridine rings is 1. The lowest BCUT2D eigenvalue weighted by Crippen LogP contribution is -2.27. The Bertz CT molecular complexity index is 1030. The van der Waals surface area contributed by atoms with E-state index in [4.69, 9.17) is 5.73 Å². The Balaban J connectivity index is 2.28. The standard InChI is InChI=1S/C22H22N2O2/c1-14-7-9-17(10-8-14)13-24-16(3)12-19(25)20(22(23)26)21(24)18-6-4-5-15(2)11-18/h4-12H,13H2,1-3H3,(H2,23,26). The topological polar surface area (TPSA) is 65.1 Å². The normalized spacial score (nSPS) is 10.7. The third kappa shape index (κ3) is 3.45. The smallest absolute Gasteiger partial charge is 0.254 e. The van der Waals surface area contributed by atoms with Gasteiger partial charge < -0.3 is 10.3 Å². The molecule has 26 heavy (non-hydrogen) atoms. The van der Waals surface area contributed by atoms with Crippen LogP contribution >= 0.6 is 0 Å². The zero-order chi connectivity index (χ0) is 18.8. The van der Waals surface area contributed by atoms with Crippen molar-refractivity contribution in [2.45, 2.75) is 27.3 Å². The number of benzene rings is 2. The fourth-order valence-electron chi connectivity index (χ4n) is 3.18. The van der Waals surface area contributed by atoms with Crippen LogP contribution in [0.1, 0.15) is 32.7 Å². The van der Waals surface area contributed by atoms with Crippen LogP contribution < -0.4 is 11.2 Å². The highest BCUT2D eigenvalue weighted by Crippen LogP contribution is 2.25. The minimum atomic E-state index is -0.704. The molecule has 2 aromatic carbocycles. The van der Waals surface area contributed by atoms with Crippen LogP contribution in [-0.2, 0) is 6.54 Å². The lowest BCUT2D eigenvalue weighted by molar-refractivity contribution is 0.0999. The molecule has 1 amide bonds. The van der Waals surface area contributed by atoms with Gasteiger partial charge in [-0.25, -0.2) is 0 Å². The zero-order valence-corrected chi connectivity index (χ0v) is 15.2. The lowest BCUT2D eigenvalue weighted by atomic mass is 10.0. The predicted octanol–water partition coefficient (Wildman–Crippen LogP) is 3.59. The fraction of sp³-hybridized carbons (Fsp3) is 0.182. The van der Waals surface area contributed by atoms with E-state index in [0.29, 0.717) is 12.2 Å². The number of amides is 1. The number of primary amides is 1. The molecule has 0 aliphatic heterocycles. The van der Waals surface area contributed by atoms with Gasteiger partial charge >= 0.3 is 0 Å². The molecule has 0 saturated heterocycles. The first-order chi connectivity index (χ1) is 12.4. The minimum Gasteiger partial charge on any atom is -0.365 e. The quantitative estimate of drug-likeness (QED) is 0.784. The number of nitrogens with zero attached hydrogens (tertiary/aromatic N) is 1. The molecule has 0 aliphatic carbocycles. The Morgan fingerprint density at radius 3 is 2.27 bits per heavy atom. The van der Waals surface area contributed by atoms with Gasteiger partial charge in [0.05, 0.1) is 5.69 Å². The molecule has 0 spiro atoms. The van der Waals surface area contributed by atoms with E-state index in [-0.39, 0.29) is 11.0 Å². The van der Waals surface area contributed by atoms with E-state index < -0.39 is 5.91 Å². The van der Waals surface area contributed by atoms with Gasteiger partial charge in [0.25, 0.3) is 5.91 Å². The molecule has 3 aromatic rings. The number of carbonyl (C=O) groups excluding carboxylic acids is 1. The predicted molar refractivity (Wildman–Crippen MR) is 104 cm³/mol. The summed E-state index contributed by atoms with van der Waals surface area (Å²) in [6.07, 6.45) is 0. The summed E-state index contributed by atoms with van der Waals surface area (Å²) in [6.45, 7) is 6.44. The molecule has 4 heteroatoms. The SMILES string of the molecule is Cc1ccc(Cn2c(C)cc(=O)c(C(N)=O)c2-c2cccc(C)c2)cc1. The highest BCUT2D eigenvalue weighted by atomic mass is 16.2. The van der Waals surface area contributed by atoms with Crippen LogP contribution in [0.2, 0.25) is 0 Å². The summed E-state index contributed by atoms with van der Waals surface area (Å²) in [5, 5.41) is 0. The molecule has 0 aliphatic rings. The molecule has 1 aromatic heterocycles. The molecule has 0 bridgehead atoms. The van der Waals surface area contributed by atoms with Gasteiger partial charge in [0, 0.05) is 18.3 Å². The van der Waals surface area contributed by atoms with E-state index >= 15 is 0 Å². The number of rotatable bonds is 4. The van der Waals surface area contributed by atoms with Crippen molar-refractivity contribution in [1.82, 2.24) is 4.57 Å². The van der Waals surface area contributed by atoms with Gasteiger partial charge in [-0.2, -0.15) is 0 Å². The van der Waals surface area contributed by atoms with Crippen molar-refractivity contribution in [1.29, 1.82) is 0 Å². The van der Waals surface area contributed by atoms with Crippen molar-refractivity contribution < 1.29 is 4.79 Å². The van der Waals surface area contributed by atoms with Gasteiger partial charge in [0.2, 0.25) is 0 Å². The number of carbonyl (C=O) groups is 1. The molecule has 0 atom stereocenters. The van der Waals surface area contributed by atoms with Crippen LogP contribution in [-0.4, -0.2) is 10.5 Å². The summed E-state index contributed by atoms with van der Waals surface area (Å²) in [7, 11) is 0. The van der Waals surface area contributed by atoms with E-state index in [2.05, 4.69) is 24.3 Å². The van der Waals surface area contributed by atoms with Crippen molar-refractivity contribution in [3.05, 3.63) is 92.8 Å². The molecule has 0 fully saturated rings. The highest BCUT2D eigenvalue weighted by molar-refractivity contribution is 5.99. The molecular formula is C22H22N2O2. The summed E-state index contributed by atoms with van der Waals surface area (Å²) in [5.41, 5.74) is 10.8. The summed E-state index contributed by atoms with van der Waals surface area (Å²) in [6, 6.07) is 17.4. The Morgan fingerprint density at radius 1 is 0.962 bits per heavy atom. The monoisotopic (exact) mass is 346 g/mol. The van der Waals surface area contributed by atoms with Crippen molar-refractivity contribution in [3.63, 3.8) is 0 Å². The summed E-state index contributed by atoms with van der Waals surface area (Å²) in [4.78, 5) is 24.6. The number of hydrogen-bond acceptors (Lipinski definition) is 2. The van der Waals surface area contributed by atoms with Gasteiger partial charge in [-0.05, 0) is 38.0 Å². The molecule has 4 nitrogen and oxygen atoms in total. The average molecular weight is 346 g/mol. The summed E-state index contributed by atoms with van der Waals surface area (Å²) >= 11 is 0. The second-order valence-electron chi connectivity index (χ2n) is 6.68. The van der Waals surface area contributed by atoms with Crippen molar-refractivity contribution in [2.24, 2.45) is 5.73 Å². The summed E-state index contributed by atoms with van der Waals surface area (Å²) < 4.78 is 1.99. The van der Waals surface area contributed by atoms with E-state index in [1.807, 2.05) is 49.6 Å². The van der Waals surface area contributed by atoms with E-state index in [0.717, 1.165) is 22.4 Å². The van der Waals surface area contributed by atoms with Crippen LogP contribution in [0, 0.1) is 20.8 Å². The maximum atomic E-state index is 12.5. The van der Waals surface area contributed by atoms with Gasteiger partial charge in [0.15, 0.2) is 5.43 Å². The second kappa shape index (κ2) is 7.00. The molecular weight excluding hydrogens is 324 g/mol.